The third-order valence-electron chi connectivity index (χ3n) is 4.25. The summed E-state index contributed by atoms with van der Waals surface area (Å²) >= 11 is 0. The Balaban J connectivity index is 1.68. The van der Waals surface area contributed by atoms with Gasteiger partial charge in [0.25, 0.3) is 0 Å². The summed E-state index contributed by atoms with van der Waals surface area (Å²) in [5.74, 6) is 0.363. The number of nitrogens with one attached hydrogen (secondary N) is 1. The molecule has 0 unspecified atom stereocenters. The Morgan fingerprint density at radius 3 is 2.46 bits per heavy atom. The van der Waals surface area contributed by atoms with Gasteiger partial charge in [0.1, 0.15) is 5.52 Å². The van der Waals surface area contributed by atoms with E-state index in [0.717, 1.165) is 34.3 Å². The number of aromatic nitrogens is 4. The monoisotopic (exact) mass is 381 g/mol. The van der Waals surface area contributed by atoms with Crippen molar-refractivity contribution in [2.24, 2.45) is 0 Å². The Bertz CT molecular complexity index is 1140. The van der Waals surface area contributed by atoms with Gasteiger partial charge in [-0.15, -0.1) is 5.10 Å². The molecular formula is C20H14F3N5. The number of pyridine rings is 2. The standard InChI is InChI=1S/C20H14F3N5/c1-12-3-2-8-24-17(12)13-9-14-11-26-28-19(18(14)25-10-13)27-16-6-4-15(5-7-16)20(21,22)23/h2-11H,1H3,(H,27,28). The van der Waals surface area contributed by atoms with Crippen LogP contribution < -0.4 is 5.32 Å². The fourth-order valence-electron chi connectivity index (χ4n) is 2.86. The molecule has 3 aromatic heterocycles. The second kappa shape index (κ2) is 6.88. The SMILES string of the molecule is Cc1cccnc1-c1cnc2c(Nc3ccc(C(F)(F)F)cc3)nncc2c1. The van der Waals surface area contributed by atoms with Crippen molar-refractivity contribution in [3.8, 4) is 11.3 Å². The molecule has 0 spiro atoms. The van der Waals surface area contributed by atoms with E-state index in [1.165, 1.54) is 12.1 Å². The number of aryl methyl sites for hydroxylation is 1. The van der Waals surface area contributed by atoms with Gasteiger partial charge in [0.05, 0.1) is 17.5 Å². The summed E-state index contributed by atoms with van der Waals surface area (Å²) in [6, 6.07) is 10.4. The number of halogens is 3. The van der Waals surface area contributed by atoms with Crippen LogP contribution in [0.4, 0.5) is 24.7 Å². The molecule has 0 aliphatic heterocycles. The fourth-order valence-corrected chi connectivity index (χ4v) is 2.86. The first-order valence-corrected chi connectivity index (χ1v) is 8.39. The lowest BCUT2D eigenvalue weighted by Gasteiger charge is -2.10. The third kappa shape index (κ3) is 3.48. The maximum atomic E-state index is 12.7. The van der Waals surface area contributed by atoms with Crippen molar-refractivity contribution in [2.75, 3.05) is 5.32 Å². The molecule has 0 saturated carbocycles. The predicted molar refractivity (Wildman–Crippen MR) is 100 cm³/mol. The molecule has 0 atom stereocenters. The van der Waals surface area contributed by atoms with Crippen LogP contribution >= 0.6 is 0 Å². The zero-order valence-corrected chi connectivity index (χ0v) is 14.7. The Hall–Kier alpha value is -3.55. The van der Waals surface area contributed by atoms with Gasteiger partial charge in [-0.2, -0.15) is 18.3 Å². The van der Waals surface area contributed by atoms with Gasteiger partial charge in [-0.1, -0.05) is 6.07 Å². The molecule has 28 heavy (non-hydrogen) atoms. The lowest BCUT2D eigenvalue weighted by Crippen LogP contribution is -2.05. The number of hydrogen-bond acceptors (Lipinski definition) is 5. The summed E-state index contributed by atoms with van der Waals surface area (Å²) in [5, 5.41) is 11.7. The molecule has 4 rings (SSSR count). The molecule has 1 N–H and O–H groups in total. The molecular weight excluding hydrogens is 367 g/mol. The number of alkyl halides is 3. The Kier molecular flexibility index (Phi) is 4.38. The third-order valence-corrected chi connectivity index (χ3v) is 4.25. The van der Waals surface area contributed by atoms with Crippen LogP contribution in [0.5, 0.6) is 0 Å². The van der Waals surface area contributed by atoms with Crippen molar-refractivity contribution in [1.29, 1.82) is 0 Å². The van der Waals surface area contributed by atoms with Crippen LogP contribution in [0.1, 0.15) is 11.1 Å². The van der Waals surface area contributed by atoms with E-state index < -0.39 is 11.7 Å². The van der Waals surface area contributed by atoms with E-state index in [0.29, 0.717) is 17.0 Å². The van der Waals surface area contributed by atoms with Crippen LogP contribution in [0.25, 0.3) is 22.2 Å². The van der Waals surface area contributed by atoms with Gasteiger partial charge in [-0.25, -0.2) is 0 Å². The molecule has 0 fully saturated rings. The highest BCUT2D eigenvalue weighted by Gasteiger charge is 2.29. The summed E-state index contributed by atoms with van der Waals surface area (Å²) in [4.78, 5) is 8.86. The molecule has 140 valence electrons. The topological polar surface area (TPSA) is 63.6 Å². The molecule has 3 heterocycles. The molecule has 8 heteroatoms. The zero-order valence-electron chi connectivity index (χ0n) is 14.7. The lowest BCUT2D eigenvalue weighted by atomic mass is 10.1. The molecule has 1 aromatic carbocycles. The molecule has 5 nitrogen and oxygen atoms in total. The van der Waals surface area contributed by atoms with E-state index in [-0.39, 0.29) is 0 Å². The van der Waals surface area contributed by atoms with E-state index in [2.05, 4.69) is 25.5 Å². The van der Waals surface area contributed by atoms with Crippen LogP contribution in [0, 0.1) is 6.92 Å². The number of hydrogen-bond donors (Lipinski definition) is 1. The first-order chi connectivity index (χ1) is 13.4. The first-order valence-electron chi connectivity index (χ1n) is 8.39. The van der Waals surface area contributed by atoms with E-state index in [1.807, 2.05) is 25.1 Å². The number of benzene rings is 1. The summed E-state index contributed by atoms with van der Waals surface area (Å²) < 4.78 is 38.1. The van der Waals surface area contributed by atoms with Gasteiger partial charge in [0.2, 0.25) is 0 Å². The maximum absolute atomic E-state index is 12.7. The van der Waals surface area contributed by atoms with Crippen molar-refractivity contribution in [3.05, 3.63) is 72.2 Å². The Labute approximate surface area is 158 Å². The smallest absolute Gasteiger partial charge is 0.337 e. The lowest BCUT2D eigenvalue weighted by molar-refractivity contribution is -0.137. The van der Waals surface area contributed by atoms with Crippen LogP contribution in [0.2, 0.25) is 0 Å². The van der Waals surface area contributed by atoms with Crippen LogP contribution in [0.3, 0.4) is 0 Å². The van der Waals surface area contributed by atoms with E-state index in [4.69, 9.17) is 0 Å². The van der Waals surface area contributed by atoms with Gasteiger partial charge in [-0.05, 0) is 48.9 Å². The number of rotatable bonds is 3. The summed E-state index contributed by atoms with van der Waals surface area (Å²) in [6.45, 7) is 1.97. The fraction of sp³-hybridized carbons (Fsp3) is 0.100. The average Bonchev–Trinajstić information content (AvgIpc) is 2.68. The van der Waals surface area contributed by atoms with Gasteiger partial charge in [0.15, 0.2) is 5.82 Å². The van der Waals surface area contributed by atoms with Crippen molar-refractivity contribution in [1.82, 2.24) is 20.2 Å². The second-order valence-electron chi connectivity index (χ2n) is 6.22. The minimum absolute atomic E-state index is 0.363. The van der Waals surface area contributed by atoms with Crippen LogP contribution in [0.15, 0.2) is 61.1 Å². The molecule has 0 radical (unpaired) electrons. The first kappa shape index (κ1) is 17.8. The quantitative estimate of drug-likeness (QED) is 0.531. The Morgan fingerprint density at radius 1 is 0.964 bits per heavy atom. The van der Waals surface area contributed by atoms with Crippen molar-refractivity contribution < 1.29 is 13.2 Å². The number of anilines is 2. The van der Waals surface area contributed by atoms with Gasteiger partial charge >= 0.3 is 6.18 Å². The van der Waals surface area contributed by atoms with E-state index >= 15 is 0 Å². The minimum Gasteiger partial charge on any atom is -0.337 e. The molecule has 0 saturated heterocycles. The van der Waals surface area contributed by atoms with Crippen LogP contribution in [-0.4, -0.2) is 20.2 Å². The molecule has 4 aromatic rings. The average molecular weight is 381 g/mol. The summed E-state index contributed by atoms with van der Waals surface area (Å²) in [6.07, 6.45) is 0.619. The second-order valence-corrected chi connectivity index (χ2v) is 6.22. The summed E-state index contributed by atoms with van der Waals surface area (Å²) in [7, 11) is 0. The van der Waals surface area contributed by atoms with Gasteiger partial charge < -0.3 is 5.32 Å². The predicted octanol–water partition coefficient (Wildman–Crippen LogP) is 5.16. The van der Waals surface area contributed by atoms with Crippen molar-refractivity contribution in [2.45, 2.75) is 13.1 Å². The highest BCUT2D eigenvalue weighted by atomic mass is 19.4. The number of nitrogens with zero attached hydrogens (tertiary/aromatic N) is 4. The van der Waals surface area contributed by atoms with Gasteiger partial charge in [0, 0.05) is 29.0 Å². The Morgan fingerprint density at radius 2 is 1.75 bits per heavy atom. The highest BCUT2D eigenvalue weighted by Crippen LogP contribution is 2.31. The van der Waals surface area contributed by atoms with E-state index in [9.17, 15) is 13.2 Å². The number of fused-ring (bicyclic) bond motifs is 1. The highest BCUT2D eigenvalue weighted by molar-refractivity contribution is 5.91. The van der Waals surface area contributed by atoms with Crippen molar-refractivity contribution >= 4 is 22.4 Å². The molecule has 0 aliphatic rings. The maximum Gasteiger partial charge on any atom is 0.416 e. The zero-order chi connectivity index (χ0) is 19.7. The molecule has 0 amide bonds. The van der Waals surface area contributed by atoms with Gasteiger partial charge in [-0.3, -0.25) is 9.97 Å². The molecule has 0 bridgehead atoms. The van der Waals surface area contributed by atoms with Crippen molar-refractivity contribution in [3.63, 3.8) is 0 Å². The normalized spacial score (nSPS) is 11.6. The molecule has 0 aliphatic carbocycles. The summed E-state index contributed by atoms with van der Waals surface area (Å²) in [5.41, 5.74) is 3.00. The van der Waals surface area contributed by atoms with E-state index in [1.54, 1.807) is 18.6 Å². The minimum atomic E-state index is -4.38. The van der Waals surface area contributed by atoms with Crippen LogP contribution in [-0.2, 0) is 6.18 Å². The largest absolute Gasteiger partial charge is 0.416 e.